The molecular formula is C33H48O3P+. The fraction of sp³-hybridized carbons (Fsp3) is 0.636. The lowest BCUT2D eigenvalue weighted by Gasteiger charge is -2.48. The van der Waals surface area contributed by atoms with Gasteiger partial charge in [-0.05, 0) is 55.0 Å². The molecule has 0 amide bonds. The van der Waals surface area contributed by atoms with E-state index >= 15 is 0 Å². The van der Waals surface area contributed by atoms with Crippen molar-refractivity contribution in [1.82, 2.24) is 0 Å². The van der Waals surface area contributed by atoms with E-state index in [9.17, 15) is 0 Å². The molecule has 37 heavy (non-hydrogen) atoms. The molecule has 0 unspecified atom stereocenters. The van der Waals surface area contributed by atoms with E-state index in [-0.39, 0.29) is 27.1 Å². The Morgan fingerprint density at radius 2 is 1.00 bits per heavy atom. The molecule has 0 N–H and O–H groups in total. The summed E-state index contributed by atoms with van der Waals surface area (Å²) in [5, 5.41) is 0. The van der Waals surface area contributed by atoms with Crippen molar-refractivity contribution in [2.24, 2.45) is 5.41 Å². The largest absolute Gasteiger partial charge is 0.413 e. The van der Waals surface area contributed by atoms with Gasteiger partial charge in [-0.15, -0.1) is 0 Å². The normalized spacial score (nSPS) is 27.2. The van der Waals surface area contributed by atoms with Crippen molar-refractivity contribution in [2.75, 3.05) is 19.4 Å². The molecule has 3 fully saturated rings. The predicted molar refractivity (Wildman–Crippen MR) is 156 cm³/mol. The van der Waals surface area contributed by atoms with Gasteiger partial charge in [0.2, 0.25) is 0 Å². The lowest BCUT2D eigenvalue weighted by Crippen LogP contribution is -2.54. The predicted octanol–water partition coefficient (Wildman–Crippen LogP) is 8.96. The Bertz CT molecular complexity index is 1150. The molecule has 3 aliphatic rings. The molecule has 0 spiro atoms. The van der Waals surface area contributed by atoms with Crippen LogP contribution in [-0.2, 0) is 40.8 Å². The Labute approximate surface area is 226 Å². The molecule has 0 aliphatic carbocycles. The van der Waals surface area contributed by atoms with Gasteiger partial charge in [0.1, 0.15) is 18.6 Å². The number of benzene rings is 2. The average Bonchev–Trinajstić information content (AvgIpc) is 3.40. The van der Waals surface area contributed by atoms with E-state index in [1.165, 1.54) is 33.4 Å². The van der Waals surface area contributed by atoms with Crippen LogP contribution in [-0.4, -0.2) is 19.4 Å². The van der Waals surface area contributed by atoms with Crippen LogP contribution in [0.5, 0.6) is 0 Å². The first kappa shape index (κ1) is 27.3. The van der Waals surface area contributed by atoms with Crippen molar-refractivity contribution in [3.05, 3.63) is 69.8 Å². The average molecular weight is 524 g/mol. The minimum atomic E-state index is -2.36. The third-order valence-electron chi connectivity index (χ3n) is 8.74. The van der Waals surface area contributed by atoms with Gasteiger partial charge >= 0.3 is 7.94 Å². The first-order valence-corrected chi connectivity index (χ1v) is 15.7. The molecule has 0 saturated carbocycles. The fourth-order valence-electron chi connectivity index (χ4n) is 6.47. The second kappa shape index (κ2) is 7.91. The summed E-state index contributed by atoms with van der Waals surface area (Å²) < 4.78 is 19.9. The van der Waals surface area contributed by atoms with Gasteiger partial charge in [-0.3, -0.25) is 0 Å². The molecule has 3 nitrogen and oxygen atoms in total. The van der Waals surface area contributed by atoms with Gasteiger partial charge in [-0.25, -0.2) is 0 Å². The van der Waals surface area contributed by atoms with Gasteiger partial charge in [-0.2, -0.15) is 13.6 Å². The fourth-order valence-corrected chi connectivity index (χ4v) is 9.74. The molecule has 3 aliphatic heterocycles. The van der Waals surface area contributed by atoms with Crippen LogP contribution in [0.4, 0.5) is 0 Å². The summed E-state index contributed by atoms with van der Waals surface area (Å²) in [4.78, 5) is 0. The summed E-state index contributed by atoms with van der Waals surface area (Å²) in [5.41, 5.74) is 7.31. The highest BCUT2D eigenvalue weighted by Gasteiger charge is 2.86. The summed E-state index contributed by atoms with van der Waals surface area (Å²) in [5.74, 6) is 0. The minimum Gasteiger partial charge on any atom is -0.177 e. The Kier molecular flexibility index (Phi) is 5.84. The van der Waals surface area contributed by atoms with Crippen molar-refractivity contribution >= 4 is 7.94 Å². The van der Waals surface area contributed by atoms with E-state index < -0.39 is 13.5 Å². The maximum absolute atomic E-state index is 7.29. The smallest absolute Gasteiger partial charge is 0.177 e. The zero-order valence-corrected chi connectivity index (χ0v) is 26.2. The second-order valence-corrected chi connectivity index (χ2v) is 18.1. The van der Waals surface area contributed by atoms with E-state index in [0.29, 0.717) is 13.2 Å². The maximum Gasteiger partial charge on any atom is 0.413 e. The monoisotopic (exact) mass is 523 g/mol. The van der Waals surface area contributed by atoms with Gasteiger partial charge in [0, 0.05) is 0 Å². The third-order valence-corrected chi connectivity index (χ3v) is 11.3. The van der Waals surface area contributed by atoms with E-state index in [0.717, 1.165) is 6.16 Å². The third kappa shape index (κ3) is 4.07. The molecule has 2 aromatic rings. The number of hydrogen-bond acceptors (Lipinski definition) is 3. The van der Waals surface area contributed by atoms with Gasteiger partial charge < -0.3 is 0 Å². The summed E-state index contributed by atoms with van der Waals surface area (Å²) in [6, 6.07) is 14.4. The quantitative estimate of drug-likeness (QED) is 0.368. The Hall–Kier alpha value is -1.25. The highest BCUT2D eigenvalue weighted by molar-refractivity contribution is 7.62. The van der Waals surface area contributed by atoms with Gasteiger partial charge in [-0.1, -0.05) is 119 Å². The highest BCUT2D eigenvalue weighted by Crippen LogP contribution is 2.88. The van der Waals surface area contributed by atoms with E-state index in [2.05, 4.69) is 119 Å². The lowest BCUT2D eigenvalue weighted by atomic mass is 9.60. The maximum atomic E-state index is 7.29. The minimum absolute atomic E-state index is 0.0459. The molecule has 5 rings (SSSR count). The topological polar surface area (TPSA) is 27.7 Å². The molecule has 4 heteroatoms. The molecule has 2 bridgehead atoms. The van der Waals surface area contributed by atoms with Crippen molar-refractivity contribution in [3.8, 4) is 0 Å². The van der Waals surface area contributed by atoms with Gasteiger partial charge in [0.15, 0.2) is 11.8 Å². The van der Waals surface area contributed by atoms with E-state index in [4.69, 9.17) is 13.6 Å². The first-order chi connectivity index (χ1) is 16.7. The van der Waals surface area contributed by atoms with Crippen LogP contribution in [0.15, 0.2) is 36.4 Å². The van der Waals surface area contributed by atoms with Crippen molar-refractivity contribution in [3.63, 3.8) is 0 Å². The van der Waals surface area contributed by atoms with E-state index in [1.807, 2.05) is 0 Å². The molecule has 0 aromatic heterocycles. The molecule has 0 radical (unpaired) electrons. The summed E-state index contributed by atoms with van der Waals surface area (Å²) in [7, 11) is -2.36. The Balaban J connectivity index is 1.87. The van der Waals surface area contributed by atoms with Crippen LogP contribution in [0.25, 0.3) is 0 Å². The summed E-state index contributed by atoms with van der Waals surface area (Å²) in [6.07, 6.45) is 0.884. The van der Waals surface area contributed by atoms with Crippen molar-refractivity contribution in [1.29, 1.82) is 0 Å². The van der Waals surface area contributed by atoms with Gasteiger partial charge in [0.25, 0.3) is 0 Å². The van der Waals surface area contributed by atoms with Crippen LogP contribution in [0, 0.1) is 5.41 Å². The zero-order chi connectivity index (χ0) is 27.4. The molecule has 202 valence electrons. The SMILES string of the molecule is CC(C)(C)c1ccc(C2(c3ccc(C(C)(C)C)cc3C(C)(C)C)O[P+]34CC2(CO3)CO4)c(C(C)(C)C)c1. The molecule has 0 atom stereocenters. The van der Waals surface area contributed by atoms with Crippen molar-refractivity contribution in [2.45, 2.75) is 110 Å². The molecular weight excluding hydrogens is 475 g/mol. The Morgan fingerprint density at radius 1 is 0.595 bits per heavy atom. The van der Waals surface area contributed by atoms with Crippen molar-refractivity contribution < 1.29 is 13.6 Å². The molecule has 2 aromatic carbocycles. The van der Waals surface area contributed by atoms with Crippen LogP contribution >= 0.6 is 7.94 Å². The van der Waals surface area contributed by atoms with Crippen LogP contribution in [0.1, 0.15) is 116 Å². The molecule has 3 heterocycles. The van der Waals surface area contributed by atoms with Gasteiger partial charge in [0.05, 0.1) is 0 Å². The van der Waals surface area contributed by atoms with E-state index in [1.54, 1.807) is 0 Å². The lowest BCUT2D eigenvalue weighted by molar-refractivity contribution is -0.121. The van der Waals surface area contributed by atoms with Crippen LogP contribution < -0.4 is 0 Å². The molecule has 3 saturated heterocycles. The number of rotatable bonds is 2. The second-order valence-electron chi connectivity index (χ2n) is 15.9. The standard InChI is InChI=1S/C33H48O3P/c1-28(2,3)22-13-15-24(26(17-22)30(7,8)9)33(32-19-34-37(21-32,36-33)35-20-32)25-16-14-23(29(4,5)6)18-27(25)31(10,11)12/h13-18H,19-21H2,1-12H3/q+1. The first-order valence-electron chi connectivity index (χ1n) is 13.9. The zero-order valence-electron chi connectivity index (χ0n) is 25.3. The summed E-state index contributed by atoms with van der Waals surface area (Å²) in [6.45, 7) is 29.2. The number of hydrogen-bond donors (Lipinski definition) is 0. The van der Waals surface area contributed by atoms with Crippen LogP contribution in [0.3, 0.4) is 0 Å². The highest BCUT2D eigenvalue weighted by atomic mass is 31.2. The van der Waals surface area contributed by atoms with Crippen LogP contribution in [0.2, 0.25) is 0 Å². The Morgan fingerprint density at radius 3 is 1.27 bits per heavy atom. The summed E-state index contributed by atoms with van der Waals surface area (Å²) >= 11 is 0.